The summed E-state index contributed by atoms with van der Waals surface area (Å²) in [5.74, 6) is 1.43. The fraction of sp³-hybridized carbons (Fsp3) is 0.400. The second-order valence-corrected chi connectivity index (χ2v) is 7.16. The zero-order valence-electron chi connectivity index (χ0n) is 14.5. The Morgan fingerprint density at radius 3 is 2.48 bits per heavy atom. The van der Waals surface area contributed by atoms with Gasteiger partial charge in [0.2, 0.25) is 0 Å². The Balaban J connectivity index is 1.39. The van der Waals surface area contributed by atoms with E-state index in [1.54, 1.807) is 6.07 Å². The largest absolute Gasteiger partial charge is 0.490 e. The summed E-state index contributed by atoms with van der Waals surface area (Å²) in [4.78, 5) is 2.46. The summed E-state index contributed by atoms with van der Waals surface area (Å²) >= 11 is 5.95. The highest BCUT2D eigenvalue weighted by Gasteiger charge is 2.19. The van der Waals surface area contributed by atoms with Crippen LogP contribution >= 0.6 is 11.6 Å². The van der Waals surface area contributed by atoms with Gasteiger partial charge in [-0.2, -0.15) is 0 Å². The maximum Gasteiger partial charge on any atom is 0.144 e. The minimum absolute atomic E-state index is 0.532. The highest BCUT2D eigenvalue weighted by atomic mass is 35.5. The first-order chi connectivity index (χ1) is 12.1. The van der Waals surface area contributed by atoms with E-state index < -0.39 is 0 Å². The maximum absolute atomic E-state index is 5.95. The van der Waals surface area contributed by atoms with E-state index in [0.717, 1.165) is 37.0 Å². The van der Waals surface area contributed by atoms with Gasteiger partial charge < -0.3 is 16.2 Å². The monoisotopic (exact) mass is 359 g/mol. The van der Waals surface area contributed by atoms with Crippen molar-refractivity contribution >= 4 is 23.0 Å². The molecule has 5 heteroatoms. The molecule has 0 radical (unpaired) electrons. The number of ether oxygens (including phenoxy) is 1. The zero-order valence-corrected chi connectivity index (χ0v) is 15.2. The minimum Gasteiger partial charge on any atom is -0.490 e. The quantitative estimate of drug-likeness (QED) is 0.769. The van der Waals surface area contributed by atoms with E-state index in [9.17, 15) is 0 Å². The van der Waals surface area contributed by atoms with E-state index in [-0.39, 0.29) is 0 Å². The highest BCUT2D eigenvalue weighted by Crippen LogP contribution is 2.27. The number of benzene rings is 2. The number of nitrogens with zero attached hydrogens (tertiary/aromatic N) is 1. The first kappa shape index (κ1) is 17.9. The number of rotatable bonds is 6. The van der Waals surface area contributed by atoms with E-state index >= 15 is 0 Å². The third-order valence-corrected chi connectivity index (χ3v) is 5.16. The molecule has 1 aliphatic heterocycles. The molecule has 4 nitrogen and oxygen atoms in total. The molecule has 0 aromatic heterocycles. The van der Waals surface area contributed by atoms with Gasteiger partial charge in [0.1, 0.15) is 12.4 Å². The van der Waals surface area contributed by atoms with Gasteiger partial charge in [0.15, 0.2) is 0 Å². The van der Waals surface area contributed by atoms with Crippen molar-refractivity contribution in [3.8, 4) is 5.75 Å². The standard InChI is InChI=1S/C20H26ClN3O/c21-17-6-4-15(5-7-17)14-16-8-10-24(11-9-16)12-13-25-19-3-1-2-18(22)20(19)23/h1-7,16H,8-14,22-23H2. The van der Waals surface area contributed by atoms with Crippen molar-refractivity contribution in [3.05, 3.63) is 53.1 Å². The molecule has 0 atom stereocenters. The van der Waals surface area contributed by atoms with Crippen LogP contribution in [-0.4, -0.2) is 31.1 Å². The fourth-order valence-corrected chi connectivity index (χ4v) is 3.47. The van der Waals surface area contributed by atoms with Gasteiger partial charge in [-0.1, -0.05) is 29.8 Å². The second kappa shape index (κ2) is 8.45. The van der Waals surface area contributed by atoms with E-state index in [4.69, 9.17) is 27.8 Å². The Labute approximate surface area is 154 Å². The molecule has 134 valence electrons. The molecular formula is C20H26ClN3O. The molecule has 4 N–H and O–H groups in total. The minimum atomic E-state index is 0.532. The predicted molar refractivity (Wildman–Crippen MR) is 105 cm³/mol. The molecule has 25 heavy (non-hydrogen) atoms. The molecule has 0 aliphatic carbocycles. The lowest BCUT2D eigenvalue weighted by atomic mass is 9.90. The molecule has 2 aromatic rings. The predicted octanol–water partition coefficient (Wildman–Crippen LogP) is 3.84. The number of para-hydroxylation sites is 1. The SMILES string of the molecule is Nc1cccc(OCCN2CCC(Cc3ccc(Cl)cc3)CC2)c1N. The third kappa shape index (κ3) is 5.03. The smallest absolute Gasteiger partial charge is 0.144 e. The van der Waals surface area contributed by atoms with Crippen LogP contribution in [0.1, 0.15) is 18.4 Å². The van der Waals surface area contributed by atoms with Crippen LogP contribution in [0, 0.1) is 5.92 Å². The summed E-state index contributed by atoms with van der Waals surface area (Å²) < 4.78 is 5.79. The summed E-state index contributed by atoms with van der Waals surface area (Å²) in [5.41, 5.74) is 14.2. The lowest BCUT2D eigenvalue weighted by Gasteiger charge is -2.32. The highest BCUT2D eigenvalue weighted by molar-refractivity contribution is 6.30. The van der Waals surface area contributed by atoms with E-state index in [1.165, 1.54) is 18.4 Å². The average molecular weight is 360 g/mol. The number of piperidine rings is 1. The van der Waals surface area contributed by atoms with Crippen molar-refractivity contribution in [3.63, 3.8) is 0 Å². The summed E-state index contributed by atoms with van der Waals surface area (Å²) in [7, 11) is 0. The molecule has 1 fully saturated rings. The number of hydrogen-bond acceptors (Lipinski definition) is 4. The zero-order chi connectivity index (χ0) is 17.6. The lowest BCUT2D eigenvalue weighted by Crippen LogP contribution is -2.37. The number of nitrogen functional groups attached to an aromatic ring is 2. The maximum atomic E-state index is 5.95. The molecule has 1 heterocycles. The van der Waals surface area contributed by atoms with Crippen molar-refractivity contribution in [2.24, 2.45) is 5.92 Å². The van der Waals surface area contributed by atoms with Crippen molar-refractivity contribution < 1.29 is 4.74 Å². The Morgan fingerprint density at radius 1 is 1.04 bits per heavy atom. The van der Waals surface area contributed by atoms with Crippen LogP contribution in [0.3, 0.4) is 0 Å². The Hall–Kier alpha value is -1.91. The molecule has 0 unspecified atom stereocenters. The first-order valence-corrected chi connectivity index (χ1v) is 9.23. The van der Waals surface area contributed by atoms with E-state index in [1.807, 2.05) is 24.3 Å². The molecule has 3 rings (SSSR count). The molecule has 0 bridgehead atoms. The van der Waals surface area contributed by atoms with Gasteiger partial charge in [0, 0.05) is 11.6 Å². The van der Waals surface area contributed by atoms with Crippen molar-refractivity contribution in [2.45, 2.75) is 19.3 Å². The van der Waals surface area contributed by atoms with Crippen LogP contribution in [0.2, 0.25) is 5.02 Å². The van der Waals surface area contributed by atoms with Crippen LogP contribution in [0.25, 0.3) is 0 Å². The van der Waals surface area contributed by atoms with Gasteiger partial charge in [-0.15, -0.1) is 0 Å². The molecule has 1 saturated heterocycles. The molecule has 0 amide bonds. The number of halogens is 1. The summed E-state index contributed by atoms with van der Waals surface area (Å²) in [5, 5.41) is 0.805. The fourth-order valence-electron chi connectivity index (χ4n) is 3.34. The molecule has 1 aliphatic rings. The lowest BCUT2D eigenvalue weighted by molar-refractivity contribution is 0.155. The van der Waals surface area contributed by atoms with Crippen LogP contribution in [-0.2, 0) is 6.42 Å². The summed E-state index contributed by atoms with van der Waals surface area (Å²) in [6.07, 6.45) is 3.59. The van der Waals surface area contributed by atoms with Crippen LogP contribution in [0.4, 0.5) is 11.4 Å². The molecule has 2 aromatic carbocycles. The van der Waals surface area contributed by atoms with E-state index in [0.29, 0.717) is 23.7 Å². The molecule has 0 spiro atoms. The second-order valence-electron chi connectivity index (χ2n) is 6.72. The van der Waals surface area contributed by atoms with Gasteiger partial charge in [0.25, 0.3) is 0 Å². The molecule has 0 saturated carbocycles. The summed E-state index contributed by atoms with van der Waals surface area (Å²) in [6, 6.07) is 13.7. The van der Waals surface area contributed by atoms with Crippen LogP contribution in [0.15, 0.2) is 42.5 Å². The normalized spacial score (nSPS) is 16.0. The third-order valence-electron chi connectivity index (χ3n) is 4.91. The number of likely N-dealkylation sites (tertiary alicyclic amines) is 1. The Morgan fingerprint density at radius 2 is 1.76 bits per heavy atom. The van der Waals surface area contributed by atoms with Gasteiger partial charge in [-0.05, 0) is 68.1 Å². The molecular weight excluding hydrogens is 334 g/mol. The number of anilines is 2. The van der Waals surface area contributed by atoms with Gasteiger partial charge >= 0.3 is 0 Å². The average Bonchev–Trinajstić information content (AvgIpc) is 2.62. The Kier molecular flexibility index (Phi) is 6.05. The number of hydrogen-bond donors (Lipinski definition) is 2. The van der Waals surface area contributed by atoms with Gasteiger partial charge in [0.05, 0.1) is 11.4 Å². The summed E-state index contributed by atoms with van der Waals surface area (Å²) in [6.45, 7) is 3.79. The van der Waals surface area contributed by atoms with Crippen molar-refractivity contribution in [1.29, 1.82) is 0 Å². The van der Waals surface area contributed by atoms with Crippen molar-refractivity contribution in [2.75, 3.05) is 37.7 Å². The van der Waals surface area contributed by atoms with Crippen molar-refractivity contribution in [1.82, 2.24) is 4.90 Å². The topological polar surface area (TPSA) is 64.5 Å². The van der Waals surface area contributed by atoms with E-state index in [2.05, 4.69) is 17.0 Å². The number of nitrogens with two attached hydrogens (primary N) is 2. The Bertz CT molecular complexity index is 682. The van der Waals surface area contributed by atoms with Crippen LogP contribution < -0.4 is 16.2 Å². The van der Waals surface area contributed by atoms with Gasteiger partial charge in [-0.3, -0.25) is 4.90 Å². The first-order valence-electron chi connectivity index (χ1n) is 8.85. The van der Waals surface area contributed by atoms with Crippen LogP contribution in [0.5, 0.6) is 5.75 Å². The van der Waals surface area contributed by atoms with Gasteiger partial charge in [-0.25, -0.2) is 0 Å².